The van der Waals surface area contributed by atoms with Crippen LogP contribution in [0.2, 0.25) is 0 Å². The van der Waals surface area contributed by atoms with Crippen LogP contribution in [-0.2, 0) is 4.74 Å². The van der Waals surface area contributed by atoms with Crippen LogP contribution in [0.5, 0.6) is 0 Å². The predicted molar refractivity (Wildman–Crippen MR) is 40.4 cm³/mol. The number of thiol groups is 1. The topological polar surface area (TPSA) is 9.23 Å². The lowest BCUT2D eigenvalue weighted by Gasteiger charge is -2.00. The fourth-order valence-electron chi connectivity index (χ4n) is 0.820. The van der Waals surface area contributed by atoms with Gasteiger partial charge in [-0.25, -0.2) is 0 Å². The highest BCUT2D eigenvalue weighted by Crippen LogP contribution is 2.19. The Kier molecular flexibility index (Phi) is 3.08. The predicted octanol–water partition coefficient (Wildman–Crippen LogP) is 1.60. The Morgan fingerprint density at radius 2 is 2.62 bits per heavy atom. The molecule has 0 N–H and O–H groups in total. The first kappa shape index (κ1) is 6.78. The van der Waals surface area contributed by atoms with Crippen LogP contribution in [0.15, 0.2) is 0 Å². The first-order valence-corrected chi connectivity index (χ1v) is 4.81. The molecule has 0 aliphatic carbocycles. The normalized spacial score (nSPS) is 28.9. The van der Waals surface area contributed by atoms with Crippen molar-refractivity contribution < 1.29 is 4.74 Å². The molecule has 1 aliphatic rings. The summed E-state index contributed by atoms with van der Waals surface area (Å²) in [6.07, 6.45) is 1.23. The van der Waals surface area contributed by atoms with Crippen LogP contribution in [0.1, 0.15) is 6.42 Å². The van der Waals surface area contributed by atoms with E-state index in [-0.39, 0.29) is 0 Å². The Bertz CT molecular complexity index is 61.4. The molecule has 0 saturated carbocycles. The molecule has 1 nitrogen and oxygen atoms in total. The first-order chi connectivity index (χ1) is 3.93. The van der Waals surface area contributed by atoms with Crippen LogP contribution < -0.4 is 0 Å². The summed E-state index contributed by atoms with van der Waals surface area (Å²) in [6, 6.07) is 0. The Morgan fingerprint density at radius 3 is 3.12 bits per heavy atom. The molecule has 1 saturated heterocycles. The lowest BCUT2D eigenvalue weighted by atomic mass is 10.2. The van der Waals surface area contributed by atoms with Gasteiger partial charge in [0.15, 0.2) is 0 Å². The third kappa shape index (κ3) is 1.88. The van der Waals surface area contributed by atoms with Gasteiger partial charge in [0.2, 0.25) is 0 Å². The summed E-state index contributed by atoms with van der Waals surface area (Å²) >= 11 is 4.06. The second kappa shape index (κ2) is 3.64. The molecule has 0 radical (unpaired) electrons. The third-order valence-corrected chi connectivity index (χ3v) is 2.40. The number of ether oxygens (including phenoxy) is 1. The highest BCUT2D eigenvalue weighted by Gasteiger charge is 2.13. The second-order valence-electron chi connectivity index (χ2n) is 2.03. The maximum atomic E-state index is 5.16. The smallest absolute Gasteiger partial charge is 0.0503 e. The number of hydrogen-bond donors (Lipinski definition) is 1. The van der Waals surface area contributed by atoms with Gasteiger partial charge in [-0.15, -0.1) is 11.7 Å². The molecule has 1 unspecified atom stereocenters. The molecule has 0 amide bonds. The fourth-order valence-corrected chi connectivity index (χ4v) is 1.93. The zero-order valence-electron chi connectivity index (χ0n) is 4.67. The van der Waals surface area contributed by atoms with Gasteiger partial charge < -0.3 is 4.74 Å². The van der Waals surface area contributed by atoms with E-state index in [0.29, 0.717) is 0 Å². The van der Waals surface area contributed by atoms with Crippen LogP contribution in [0.4, 0.5) is 0 Å². The number of hydrogen-bond acceptors (Lipinski definition) is 3. The van der Waals surface area contributed by atoms with Gasteiger partial charge in [-0.3, -0.25) is 0 Å². The summed E-state index contributed by atoms with van der Waals surface area (Å²) in [6.45, 7) is 1.91. The molecular weight excluding hydrogens is 140 g/mol. The van der Waals surface area contributed by atoms with E-state index in [1.807, 2.05) is 0 Å². The van der Waals surface area contributed by atoms with Crippen molar-refractivity contribution in [2.45, 2.75) is 6.42 Å². The van der Waals surface area contributed by atoms with Gasteiger partial charge in [-0.2, -0.15) is 0 Å². The summed E-state index contributed by atoms with van der Waals surface area (Å²) in [5.74, 6) is 1.92. The third-order valence-electron chi connectivity index (χ3n) is 1.33. The Hall–Kier alpha value is 0.660. The van der Waals surface area contributed by atoms with Crippen LogP contribution in [0, 0.1) is 5.92 Å². The summed E-state index contributed by atoms with van der Waals surface area (Å²) < 4.78 is 5.16. The highest BCUT2D eigenvalue weighted by atomic mass is 33.1. The van der Waals surface area contributed by atoms with Crippen molar-refractivity contribution in [1.29, 1.82) is 0 Å². The van der Waals surface area contributed by atoms with Gasteiger partial charge >= 0.3 is 0 Å². The van der Waals surface area contributed by atoms with Gasteiger partial charge in [0.05, 0.1) is 6.61 Å². The molecular formula is C5H10OS2. The quantitative estimate of drug-likeness (QED) is 0.473. The summed E-state index contributed by atoms with van der Waals surface area (Å²) in [5, 5.41) is 0. The summed E-state index contributed by atoms with van der Waals surface area (Å²) in [7, 11) is 1.61. The summed E-state index contributed by atoms with van der Waals surface area (Å²) in [5.41, 5.74) is 0. The van der Waals surface area contributed by atoms with E-state index in [1.54, 1.807) is 10.8 Å². The molecule has 1 atom stereocenters. The summed E-state index contributed by atoms with van der Waals surface area (Å²) in [4.78, 5) is 0. The standard InChI is InChI=1S/C5H10OS2/c7-8-4-5-1-2-6-3-5/h5,7H,1-4H2. The average Bonchev–Trinajstić information content (AvgIpc) is 2.19. The second-order valence-corrected chi connectivity index (χ2v) is 3.39. The molecule has 0 bridgehead atoms. The molecule has 1 aliphatic heterocycles. The molecule has 3 heteroatoms. The van der Waals surface area contributed by atoms with E-state index in [1.165, 1.54) is 6.42 Å². The first-order valence-electron chi connectivity index (χ1n) is 2.77. The van der Waals surface area contributed by atoms with Gasteiger partial charge in [-0.05, 0) is 12.3 Å². The zero-order valence-corrected chi connectivity index (χ0v) is 6.38. The van der Waals surface area contributed by atoms with E-state index < -0.39 is 0 Å². The molecule has 48 valence electrons. The van der Waals surface area contributed by atoms with Crippen LogP contribution in [0.25, 0.3) is 0 Å². The Labute approximate surface area is 59.0 Å². The maximum absolute atomic E-state index is 5.16. The molecule has 0 aromatic rings. The largest absolute Gasteiger partial charge is 0.381 e. The molecule has 1 heterocycles. The lowest BCUT2D eigenvalue weighted by molar-refractivity contribution is 0.189. The highest BCUT2D eigenvalue weighted by molar-refractivity contribution is 8.68. The molecule has 1 rings (SSSR count). The van der Waals surface area contributed by atoms with Crippen molar-refractivity contribution in [3.8, 4) is 0 Å². The van der Waals surface area contributed by atoms with Gasteiger partial charge in [0, 0.05) is 12.4 Å². The molecule has 0 aromatic heterocycles. The SMILES string of the molecule is SSCC1CCOC1. The number of rotatable bonds is 2. The van der Waals surface area contributed by atoms with Crippen molar-refractivity contribution in [3.63, 3.8) is 0 Å². The Balaban J connectivity index is 2.06. The Morgan fingerprint density at radius 1 is 1.75 bits per heavy atom. The van der Waals surface area contributed by atoms with Gasteiger partial charge in [0.1, 0.15) is 0 Å². The van der Waals surface area contributed by atoms with Crippen molar-refractivity contribution >= 4 is 22.5 Å². The minimum atomic E-state index is 0.775. The molecule has 0 spiro atoms. The van der Waals surface area contributed by atoms with E-state index >= 15 is 0 Å². The van der Waals surface area contributed by atoms with Crippen molar-refractivity contribution in [3.05, 3.63) is 0 Å². The van der Waals surface area contributed by atoms with Crippen LogP contribution >= 0.6 is 22.5 Å². The van der Waals surface area contributed by atoms with E-state index in [0.717, 1.165) is 24.9 Å². The van der Waals surface area contributed by atoms with Crippen molar-refractivity contribution in [2.75, 3.05) is 19.0 Å². The van der Waals surface area contributed by atoms with Crippen molar-refractivity contribution in [1.82, 2.24) is 0 Å². The van der Waals surface area contributed by atoms with Gasteiger partial charge in [0.25, 0.3) is 0 Å². The van der Waals surface area contributed by atoms with E-state index in [4.69, 9.17) is 4.74 Å². The van der Waals surface area contributed by atoms with E-state index in [9.17, 15) is 0 Å². The molecule has 1 fully saturated rings. The van der Waals surface area contributed by atoms with Gasteiger partial charge in [-0.1, -0.05) is 10.8 Å². The van der Waals surface area contributed by atoms with Crippen LogP contribution in [0.3, 0.4) is 0 Å². The molecule has 8 heavy (non-hydrogen) atoms. The minimum Gasteiger partial charge on any atom is -0.381 e. The fraction of sp³-hybridized carbons (Fsp3) is 1.00. The van der Waals surface area contributed by atoms with Crippen molar-refractivity contribution in [2.24, 2.45) is 5.92 Å². The molecule has 0 aromatic carbocycles. The maximum Gasteiger partial charge on any atom is 0.0503 e. The zero-order chi connectivity index (χ0) is 5.82. The monoisotopic (exact) mass is 150 g/mol. The lowest BCUT2D eigenvalue weighted by Crippen LogP contribution is -2.00. The average molecular weight is 150 g/mol. The van der Waals surface area contributed by atoms with Crippen LogP contribution in [-0.4, -0.2) is 19.0 Å². The van der Waals surface area contributed by atoms with E-state index in [2.05, 4.69) is 11.7 Å². The minimum absolute atomic E-state index is 0.775.